The number of methoxy groups -OCH3 is 1. The number of hydrogen-bond donors (Lipinski definition) is 0. The Morgan fingerprint density at radius 3 is 2.32 bits per heavy atom. The van der Waals surface area contributed by atoms with Gasteiger partial charge >= 0.3 is 0 Å². The van der Waals surface area contributed by atoms with Gasteiger partial charge in [-0.05, 0) is 60.3 Å². The maximum absolute atomic E-state index is 13.1. The predicted octanol–water partition coefficient (Wildman–Crippen LogP) is 4.33. The largest absolute Gasteiger partial charge is 0.497 e. The summed E-state index contributed by atoms with van der Waals surface area (Å²) < 4.78 is 6.61. The molecule has 28 heavy (non-hydrogen) atoms. The molecule has 0 saturated heterocycles. The Kier molecular flexibility index (Phi) is 4.95. The molecular formula is C22H16N2O3S. The van der Waals surface area contributed by atoms with Crippen molar-refractivity contribution >= 4 is 27.8 Å². The van der Waals surface area contributed by atoms with Crippen LogP contribution in [0.5, 0.6) is 5.75 Å². The normalized spacial score (nSPS) is 10.8. The van der Waals surface area contributed by atoms with Crippen molar-refractivity contribution in [3.8, 4) is 11.4 Å². The second kappa shape index (κ2) is 7.70. The Labute approximate surface area is 165 Å². The van der Waals surface area contributed by atoms with Gasteiger partial charge in [-0.3, -0.25) is 14.2 Å². The first-order valence-corrected chi connectivity index (χ1v) is 9.42. The Morgan fingerprint density at radius 1 is 0.929 bits per heavy atom. The molecule has 4 rings (SSSR count). The molecule has 1 aromatic heterocycles. The molecule has 0 amide bonds. The van der Waals surface area contributed by atoms with Crippen LogP contribution in [0, 0.1) is 0 Å². The molecule has 0 radical (unpaired) electrons. The van der Waals surface area contributed by atoms with Crippen LogP contribution >= 0.6 is 11.8 Å². The third-order valence-corrected chi connectivity index (χ3v) is 5.15. The van der Waals surface area contributed by atoms with Gasteiger partial charge in [0.15, 0.2) is 5.16 Å². The van der Waals surface area contributed by atoms with Crippen LogP contribution in [0.1, 0.15) is 10.4 Å². The second-order valence-corrected chi connectivity index (χ2v) is 6.95. The van der Waals surface area contributed by atoms with E-state index in [-0.39, 0.29) is 10.7 Å². The minimum Gasteiger partial charge on any atom is -0.497 e. The molecule has 0 aliphatic heterocycles. The zero-order chi connectivity index (χ0) is 19.5. The highest BCUT2D eigenvalue weighted by atomic mass is 32.2. The van der Waals surface area contributed by atoms with Gasteiger partial charge in [0.2, 0.25) is 5.12 Å². The topological polar surface area (TPSA) is 61.2 Å². The molecule has 0 aliphatic rings. The van der Waals surface area contributed by atoms with E-state index in [0.29, 0.717) is 33.1 Å². The van der Waals surface area contributed by atoms with Crippen LogP contribution in [0.2, 0.25) is 0 Å². The van der Waals surface area contributed by atoms with Gasteiger partial charge in [-0.15, -0.1) is 0 Å². The molecule has 0 spiro atoms. The standard InChI is InChI=1S/C22H16N2O3S/c1-27-17-13-11-15(12-14-17)21(26)28-22-23-19-10-6-5-9-18(19)20(25)24(22)16-7-3-2-4-8-16/h2-14H,1H3. The van der Waals surface area contributed by atoms with Crippen molar-refractivity contribution in [3.63, 3.8) is 0 Å². The fourth-order valence-corrected chi connectivity index (χ4v) is 3.70. The zero-order valence-electron chi connectivity index (χ0n) is 15.0. The number of para-hydroxylation sites is 2. The summed E-state index contributed by atoms with van der Waals surface area (Å²) in [4.78, 5) is 30.5. The SMILES string of the molecule is COc1ccc(C(=O)Sc2nc3ccccc3c(=O)n2-c2ccccc2)cc1. The molecule has 5 nitrogen and oxygen atoms in total. The fraction of sp³-hybridized carbons (Fsp3) is 0.0455. The predicted molar refractivity (Wildman–Crippen MR) is 111 cm³/mol. The number of ether oxygens (including phenoxy) is 1. The molecule has 3 aromatic carbocycles. The van der Waals surface area contributed by atoms with E-state index in [9.17, 15) is 9.59 Å². The molecule has 0 fully saturated rings. The highest BCUT2D eigenvalue weighted by Gasteiger charge is 2.17. The van der Waals surface area contributed by atoms with Gasteiger partial charge in [-0.25, -0.2) is 4.98 Å². The van der Waals surface area contributed by atoms with Gasteiger partial charge in [0.25, 0.3) is 5.56 Å². The monoisotopic (exact) mass is 388 g/mol. The first-order valence-electron chi connectivity index (χ1n) is 8.61. The van der Waals surface area contributed by atoms with Crippen LogP contribution < -0.4 is 10.3 Å². The average molecular weight is 388 g/mol. The lowest BCUT2D eigenvalue weighted by Crippen LogP contribution is -2.22. The molecule has 0 N–H and O–H groups in total. The van der Waals surface area contributed by atoms with Gasteiger partial charge < -0.3 is 4.74 Å². The van der Waals surface area contributed by atoms with Crippen molar-refractivity contribution in [2.75, 3.05) is 7.11 Å². The Bertz CT molecular complexity index is 1200. The number of benzene rings is 3. The van der Waals surface area contributed by atoms with Crippen molar-refractivity contribution in [2.24, 2.45) is 0 Å². The van der Waals surface area contributed by atoms with Gasteiger partial charge in [0.05, 0.1) is 23.7 Å². The lowest BCUT2D eigenvalue weighted by Gasteiger charge is -2.12. The van der Waals surface area contributed by atoms with Gasteiger partial charge in [-0.1, -0.05) is 30.3 Å². The maximum atomic E-state index is 13.1. The van der Waals surface area contributed by atoms with E-state index in [1.807, 2.05) is 36.4 Å². The minimum absolute atomic E-state index is 0.200. The van der Waals surface area contributed by atoms with Crippen LogP contribution in [0.3, 0.4) is 0 Å². The Balaban J connectivity index is 1.83. The summed E-state index contributed by atoms with van der Waals surface area (Å²) in [5, 5.41) is 0.637. The van der Waals surface area contributed by atoms with E-state index < -0.39 is 0 Å². The number of hydrogen-bond acceptors (Lipinski definition) is 5. The number of fused-ring (bicyclic) bond motifs is 1. The number of thioether (sulfide) groups is 1. The lowest BCUT2D eigenvalue weighted by molar-refractivity contribution is 0.108. The Morgan fingerprint density at radius 2 is 1.61 bits per heavy atom. The average Bonchev–Trinajstić information content (AvgIpc) is 2.74. The molecular weight excluding hydrogens is 372 g/mol. The zero-order valence-corrected chi connectivity index (χ0v) is 15.8. The van der Waals surface area contributed by atoms with Crippen LogP contribution in [-0.4, -0.2) is 21.8 Å². The third kappa shape index (κ3) is 3.42. The highest BCUT2D eigenvalue weighted by molar-refractivity contribution is 8.14. The number of carbonyl (C=O) groups excluding carboxylic acids is 1. The van der Waals surface area contributed by atoms with Crippen molar-refractivity contribution in [3.05, 3.63) is 94.8 Å². The minimum atomic E-state index is -0.207. The summed E-state index contributed by atoms with van der Waals surface area (Å²) in [6.45, 7) is 0. The van der Waals surface area contributed by atoms with Gasteiger partial charge in [0.1, 0.15) is 5.75 Å². The number of carbonyl (C=O) groups is 1. The van der Waals surface area contributed by atoms with Crippen molar-refractivity contribution in [2.45, 2.75) is 5.16 Å². The van der Waals surface area contributed by atoms with Gasteiger partial charge in [0, 0.05) is 5.56 Å². The van der Waals surface area contributed by atoms with E-state index in [4.69, 9.17) is 4.74 Å². The summed E-state index contributed by atoms with van der Waals surface area (Å²) in [5.74, 6) is 0.673. The molecule has 4 aromatic rings. The Hall–Kier alpha value is -3.38. The van der Waals surface area contributed by atoms with E-state index >= 15 is 0 Å². The fourth-order valence-electron chi connectivity index (χ4n) is 2.85. The summed E-state index contributed by atoms with van der Waals surface area (Å²) in [7, 11) is 1.57. The smallest absolute Gasteiger partial charge is 0.266 e. The number of aromatic nitrogens is 2. The number of nitrogens with zero attached hydrogens (tertiary/aromatic N) is 2. The highest BCUT2D eigenvalue weighted by Crippen LogP contribution is 2.25. The first-order chi connectivity index (χ1) is 13.7. The van der Waals surface area contributed by atoms with Crippen molar-refractivity contribution in [1.29, 1.82) is 0 Å². The molecule has 138 valence electrons. The van der Waals surface area contributed by atoms with E-state index in [1.165, 1.54) is 4.57 Å². The van der Waals surface area contributed by atoms with E-state index in [2.05, 4.69) is 4.98 Å². The molecule has 0 aliphatic carbocycles. The number of rotatable bonds is 4. The van der Waals surface area contributed by atoms with Crippen LogP contribution in [0.4, 0.5) is 0 Å². The third-order valence-electron chi connectivity index (χ3n) is 4.27. The van der Waals surface area contributed by atoms with E-state index in [1.54, 1.807) is 49.6 Å². The summed E-state index contributed by atoms with van der Waals surface area (Å²) >= 11 is 0.933. The quantitative estimate of drug-likeness (QED) is 0.385. The molecule has 0 atom stereocenters. The first kappa shape index (κ1) is 18.0. The second-order valence-electron chi connectivity index (χ2n) is 6.01. The van der Waals surface area contributed by atoms with Crippen LogP contribution in [0.25, 0.3) is 16.6 Å². The van der Waals surface area contributed by atoms with Crippen molar-refractivity contribution < 1.29 is 9.53 Å². The van der Waals surface area contributed by atoms with Gasteiger partial charge in [-0.2, -0.15) is 0 Å². The summed E-state index contributed by atoms with van der Waals surface area (Å²) in [5.41, 5.74) is 1.52. The van der Waals surface area contributed by atoms with Crippen LogP contribution in [0.15, 0.2) is 88.8 Å². The van der Waals surface area contributed by atoms with Crippen molar-refractivity contribution in [1.82, 2.24) is 9.55 Å². The lowest BCUT2D eigenvalue weighted by atomic mass is 10.2. The molecule has 0 bridgehead atoms. The maximum Gasteiger partial charge on any atom is 0.266 e. The summed E-state index contributed by atoms with van der Waals surface area (Å²) in [6, 6.07) is 23.2. The summed E-state index contributed by atoms with van der Waals surface area (Å²) in [6.07, 6.45) is 0. The molecule has 0 saturated carbocycles. The van der Waals surface area contributed by atoms with E-state index in [0.717, 1.165) is 11.8 Å². The molecule has 1 heterocycles. The molecule has 0 unspecified atom stereocenters. The molecule has 6 heteroatoms. The van der Waals surface area contributed by atoms with Crippen LogP contribution in [-0.2, 0) is 0 Å².